The molecule has 106 valence electrons. The molecule has 4 heteroatoms. The summed E-state index contributed by atoms with van der Waals surface area (Å²) in [6.45, 7) is 3.88. The lowest BCUT2D eigenvalue weighted by Gasteiger charge is -2.35. The van der Waals surface area contributed by atoms with Gasteiger partial charge in [0.05, 0.1) is 6.04 Å². The van der Waals surface area contributed by atoms with Gasteiger partial charge in [-0.25, -0.2) is 8.78 Å². The van der Waals surface area contributed by atoms with Crippen molar-refractivity contribution in [3.63, 3.8) is 0 Å². The molecular formula is C16H18F2N2. The van der Waals surface area contributed by atoms with Crippen LogP contribution in [-0.4, -0.2) is 0 Å². The number of hydrazine groups is 1. The molecule has 0 saturated carbocycles. The van der Waals surface area contributed by atoms with E-state index in [4.69, 9.17) is 5.84 Å². The Morgan fingerprint density at radius 3 is 2.30 bits per heavy atom. The molecule has 0 radical (unpaired) electrons. The largest absolute Gasteiger partial charge is 0.271 e. The van der Waals surface area contributed by atoms with Crippen LogP contribution in [0.4, 0.5) is 8.78 Å². The number of nitrogens with two attached hydrogens (primary N) is 1. The predicted octanol–water partition coefficient (Wildman–Crippen LogP) is 3.45. The molecule has 0 saturated heterocycles. The van der Waals surface area contributed by atoms with E-state index < -0.39 is 23.1 Å². The average molecular weight is 276 g/mol. The van der Waals surface area contributed by atoms with Gasteiger partial charge in [0.1, 0.15) is 11.6 Å². The Kier molecular flexibility index (Phi) is 4.16. The van der Waals surface area contributed by atoms with Gasteiger partial charge in [-0.15, -0.1) is 0 Å². The number of hydrogen-bond acceptors (Lipinski definition) is 2. The summed E-state index contributed by atoms with van der Waals surface area (Å²) in [5.41, 5.74) is 3.34. The van der Waals surface area contributed by atoms with Crippen LogP contribution in [0.2, 0.25) is 0 Å². The zero-order chi connectivity index (χ0) is 14.8. The molecule has 3 N–H and O–H groups in total. The molecule has 0 aliphatic carbocycles. The number of nitrogens with one attached hydrogen (secondary N) is 1. The van der Waals surface area contributed by atoms with Gasteiger partial charge in [-0.2, -0.15) is 0 Å². The monoisotopic (exact) mass is 276 g/mol. The molecule has 0 heterocycles. The van der Waals surface area contributed by atoms with Crippen LogP contribution in [0.25, 0.3) is 0 Å². The molecule has 1 atom stereocenters. The maximum Gasteiger partial charge on any atom is 0.128 e. The van der Waals surface area contributed by atoms with Gasteiger partial charge >= 0.3 is 0 Å². The van der Waals surface area contributed by atoms with E-state index in [1.54, 1.807) is 0 Å². The maximum absolute atomic E-state index is 14.0. The zero-order valence-corrected chi connectivity index (χ0v) is 11.5. The summed E-state index contributed by atoms with van der Waals surface area (Å²) in [5, 5.41) is 0. The predicted molar refractivity (Wildman–Crippen MR) is 75.9 cm³/mol. The third kappa shape index (κ3) is 2.71. The van der Waals surface area contributed by atoms with Gasteiger partial charge in [-0.05, 0) is 23.8 Å². The molecular weight excluding hydrogens is 258 g/mol. The minimum Gasteiger partial charge on any atom is -0.271 e. The minimum absolute atomic E-state index is 0.223. The highest BCUT2D eigenvalue weighted by atomic mass is 19.1. The summed E-state index contributed by atoms with van der Waals surface area (Å²) >= 11 is 0. The topological polar surface area (TPSA) is 38.0 Å². The van der Waals surface area contributed by atoms with Crippen LogP contribution in [0.15, 0.2) is 48.5 Å². The Hall–Kier alpha value is -1.78. The highest BCUT2D eigenvalue weighted by molar-refractivity contribution is 5.32. The van der Waals surface area contributed by atoms with Crippen molar-refractivity contribution < 1.29 is 8.78 Å². The lowest BCUT2D eigenvalue weighted by atomic mass is 9.75. The number of halogens is 2. The fourth-order valence-electron chi connectivity index (χ4n) is 2.46. The number of benzene rings is 2. The summed E-state index contributed by atoms with van der Waals surface area (Å²) in [6, 6.07) is 12.5. The van der Waals surface area contributed by atoms with E-state index in [2.05, 4.69) is 5.43 Å². The summed E-state index contributed by atoms with van der Waals surface area (Å²) in [5.74, 6) is 4.65. The van der Waals surface area contributed by atoms with Gasteiger partial charge in [0, 0.05) is 11.0 Å². The van der Waals surface area contributed by atoms with Crippen molar-refractivity contribution in [2.75, 3.05) is 0 Å². The molecule has 0 bridgehead atoms. The van der Waals surface area contributed by atoms with Crippen LogP contribution in [-0.2, 0) is 5.41 Å². The van der Waals surface area contributed by atoms with E-state index in [0.717, 1.165) is 17.7 Å². The van der Waals surface area contributed by atoms with Crippen LogP contribution >= 0.6 is 0 Å². The van der Waals surface area contributed by atoms with Gasteiger partial charge in [-0.1, -0.05) is 44.2 Å². The summed E-state index contributed by atoms with van der Waals surface area (Å²) < 4.78 is 27.4. The molecule has 0 amide bonds. The van der Waals surface area contributed by atoms with Gasteiger partial charge in [0.2, 0.25) is 0 Å². The second-order valence-corrected chi connectivity index (χ2v) is 5.35. The molecule has 2 rings (SSSR count). The quantitative estimate of drug-likeness (QED) is 0.663. The normalized spacial score (nSPS) is 13.2. The van der Waals surface area contributed by atoms with Gasteiger partial charge < -0.3 is 0 Å². The molecule has 20 heavy (non-hydrogen) atoms. The van der Waals surface area contributed by atoms with Gasteiger partial charge in [-0.3, -0.25) is 11.3 Å². The van der Waals surface area contributed by atoms with Crippen molar-refractivity contribution in [2.45, 2.75) is 25.3 Å². The third-order valence-electron chi connectivity index (χ3n) is 3.68. The highest BCUT2D eigenvalue weighted by Crippen LogP contribution is 2.37. The van der Waals surface area contributed by atoms with Crippen molar-refractivity contribution in [3.05, 3.63) is 71.3 Å². The number of hydrogen-bond donors (Lipinski definition) is 2. The Balaban J connectivity index is 2.49. The van der Waals surface area contributed by atoms with Crippen LogP contribution in [0.1, 0.15) is 31.0 Å². The fourth-order valence-corrected chi connectivity index (χ4v) is 2.46. The lowest BCUT2D eigenvalue weighted by Crippen LogP contribution is -2.41. The first-order valence-electron chi connectivity index (χ1n) is 6.43. The molecule has 0 spiro atoms. The number of rotatable bonds is 4. The molecule has 1 unspecified atom stereocenters. The fraction of sp³-hybridized carbons (Fsp3) is 0.250. The van der Waals surface area contributed by atoms with E-state index in [-0.39, 0.29) is 5.56 Å². The smallest absolute Gasteiger partial charge is 0.128 e. The lowest BCUT2D eigenvalue weighted by molar-refractivity contribution is 0.341. The second kappa shape index (κ2) is 5.69. The molecule has 0 aliphatic rings. The molecule has 2 aromatic rings. The average Bonchev–Trinajstić information content (AvgIpc) is 2.44. The van der Waals surface area contributed by atoms with Crippen LogP contribution < -0.4 is 11.3 Å². The van der Waals surface area contributed by atoms with Crippen LogP contribution in [0.3, 0.4) is 0 Å². The van der Waals surface area contributed by atoms with Crippen LogP contribution in [0, 0.1) is 11.6 Å². The molecule has 0 aliphatic heterocycles. The molecule has 2 aromatic carbocycles. The van der Waals surface area contributed by atoms with Crippen molar-refractivity contribution in [2.24, 2.45) is 5.84 Å². The maximum atomic E-state index is 14.0. The third-order valence-corrected chi connectivity index (χ3v) is 3.68. The van der Waals surface area contributed by atoms with Gasteiger partial charge in [0.15, 0.2) is 0 Å². The molecule has 2 nitrogen and oxygen atoms in total. The summed E-state index contributed by atoms with van der Waals surface area (Å²) in [7, 11) is 0. The first-order chi connectivity index (χ1) is 9.46. The summed E-state index contributed by atoms with van der Waals surface area (Å²) in [6.07, 6.45) is 0. The Bertz CT molecular complexity index is 582. The van der Waals surface area contributed by atoms with Crippen molar-refractivity contribution >= 4 is 0 Å². The van der Waals surface area contributed by atoms with E-state index in [0.29, 0.717) is 0 Å². The second-order valence-electron chi connectivity index (χ2n) is 5.35. The highest BCUT2D eigenvalue weighted by Gasteiger charge is 2.33. The van der Waals surface area contributed by atoms with Crippen molar-refractivity contribution in [1.82, 2.24) is 5.43 Å². The first-order valence-corrected chi connectivity index (χ1v) is 6.43. The molecule has 0 aromatic heterocycles. The standard InChI is InChI=1S/C16H18F2N2/c1-16(2,11-6-4-3-5-7-11)15(20-19)13-10-12(17)8-9-14(13)18/h3-10,15,20H,19H2,1-2H3. The molecule has 0 fully saturated rings. The minimum atomic E-state index is -0.541. The van der Waals surface area contributed by atoms with Crippen molar-refractivity contribution in [3.8, 4) is 0 Å². The van der Waals surface area contributed by atoms with Gasteiger partial charge in [0.25, 0.3) is 0 Å². The Morgan fingerprint density at radius 1 is 1.05 bits per heavy atom. The summed E-state index contributed by atoms with van der Waals surface area (Å²) in [4.78, 5) is 0. The Morgan fingerprint density at radius 2 is 1.70 bits per heavy atom. The van der Waals surface area contributed by atoms with E-state index in [9.17, 15) is 8.78 Å². The first kappa shape index (κ1) is 14.6. The Labute approximate surface area is 117 Å². The van der Waals surface area contributed by atoms with E-state index in [1.807, 2.05) is 44.2 Å². The van der Waals surface area contributed by atoms with Crippen LogP contribution in [0.5, 0.6) is 0 Å². The van der Waals surface area contributed by atoms with Crippen molar-refractivity contribution in [1.29, 1.82) is 0 Å². The zero-order valence-electron chi connectivity index (χ0n) is 11.5. The SMILES string of the molecule is CC(C)(c1ccccc1)C(NN)c1cc(F)ccc1F. The van der Waals surface area contributed by atoms with E-state index in [1.165, 1.54) is 6.07 Å². The van der Waals surface area contributed by atoms with E-state index >= 15 is 0 Å².